The van der Waals surface area contributed by atoms with E-state index in [1.54, 1.807) is 13.0 Å². The first kappa shape index (κ1) is 6.21. The molecule has 0 atom stereocenters. The summed E-state index contributed by atoms with van der Waals surface area (Å²) in [5, 5.41) is 0. The molecule has 0 saturated carbocycles. The van der Waals surface area contributed by atoms with Crippen LogP contribution in [0.15, 0.2) is 0 Å². The topological polar surface area (TPSA) is 17.1 Å². The van der Waals surface area contributed by atoms with Gasteiger partial charge in [0.25, 0.3) is 0 Å². The predicted octanol–water partition coefficient (Wildman–Crippen LogP) is 0.637. The Bertz CT molecular complexity index is 93.0. The number of hydrogen-bond acceptors (Lipinski definition) is 2. The van der Waals surface area contributed by atoms with E-state index in [1.165, 1.54) is 0 Å². The average Bonchev–Trinajstić information content (AvgIpc) is 1.65. The first-order valence-electron chi connectivity index (χ1n) is 1.98. The summed E-state index contributed by atoms with van der Waals surface area (Å²) in [6.07, 6.45) is 1.69. The third-order valence-electron chi connectivity index (χ3n) is 0.547. The van der Waals surface area contributed by atoms with Crippen molar-refractivity contribution in [3.63, 3.8) is 0 Å². The van der Waals surface area contributed by atoms with Gasteiger partial charge in [-0.1, -0.05) is 0 Å². The summed E-state index contributed by atoms with van der Waals surface area (Å²) in [6, 6.07) is 0. The summed E-state index contributed by atoms with van der Waals surface area (Å²) in [5.41, 5.74) is 0. The summed E-state index contributed by atoms with van der Waals surface area (Å²) in [4.78, 5) is 0. The average molecular weight is 103 g/mol. The third kappa shape index (κ3) is 2.45. The zero-order valence-electron chi connectivity index (χ0n) is 4.10. The van der Waals surface area contributed by atoms with Crippen LogP contribution in [0.3, 0.4) is 0 Å². The van der Waals surface area contributed by atoms with Gasteiger partial charge < -0.3 is 0 Å². The second-order valence-electron chi connectivity index (χ2n) is 0.905. The van der Waals surface area contributed by atoms with Gasteiger partial charge >= 0.3 is 40.1 Å². The van der Waals surface area contributed by atoms with Crippen molar-refractivity contribution in [2.24, 2.45) is 0 Å². The summed E-state index contributed by atoms with van der Waals surface area (Å²) in [7, 11) is -0.659. The molecule has 0 aliphatic carbocycles. The molecule has 0 amide bonds. The Hall–Kier alpha value is 0.215. The maximum absolute atomic E-state index is 10.2. The van der Waals surface area contributed by atoms with Gasteiger partial charge in [0.05, 0.1) is 0 Å². The van der Waals surface area contributed by atoms with Crippen molar-refractivity contribution >= 4 is 16.4 Å². The van der Waals surface area contributed by atoms with Gasteiger partial charge in [0, 0.05) is 0 Å². The van der Waals surface area contributed by atoms with E-state index in [4.69, 9.17) is 0 Å². The molecule has 0 rings (SSSR count). The Kier molecular flexibility index (Phi) is 3.53. The molecule has 0 unspecified atom stereocenters. The van der Waals surface area contributed by atoms with Crippen LogP contribution in [0.25, 0.3) is 0 Å². The summed E-state index contributed by atoms with van der Waals surface area (Å²) in [5.74, 6) is 0.747. The van der Waals surface area contributed by atoms with Crippen LogP contribution < -0.4 is 0 Å². The predicted molar refractivity (Wildman–Crippen MR) is 30.2 cm³/mol. The zero-order valence-corrected chi connectivity index (χ0v) is 4.92. The van der Waals surface area contributed by atoms with Crippen molar-refractivity contribution in [2.75, 3.05) is 5.75 Å². The Balaban J connectivity index is 3.54. The van der Waals surface area contributed by atoms with Crippen molar-refractivity contribution < 1.29 is 4.21 Å². The molecule has 0 fully saturated rings. The molecule has 0 N–H and O–H groups in total. The van der Waals surface area contributed by atoms with Crippen LogP contribution in [0.2, 0.25) is 6.82 Å². The molecule has 0 heterocycles. The zero-order chi connectivity index (χ0) is 4.99. The normalized spacial score (nSPS) is 13.7. The van der Waals surface area contributed by atoms with Crippen LogP contribution in [-0.2, 0) is 14.4 Å². The van der Waals surface area contributed by atoms with Gasteiger partial charge in [0.2, 0.25) is 0 Å². The molecule has 0 spiro atoms. The molecule has 3 heteroatoms. The number of hydrogen-bond donors (Lipinski definition) is 0. The fraction of sp³-hybridized carbons (Fsp3) is 1.00. The summed E-state index contributed by atoms with van der Waals surface area (Å²) < 4.78 is 10.2. The third-order valence-corrected chi connectivity index (χ3v) is 1.64. The van der Waals surface area contributed by atoms with Gasteiger partial charge in [-0.15, -0.1) is 0 Å². The van der Waals surface area contributed by atoms with Crippen LogP contribution in [0.5, 0.6) is 0 Å². The van der Waals surface area contributed by atoms with Crippen LogP contribution in [-0.4, -0.2) is 11.9 Å². The summed E-state index contributed by atoms with van der Waals surface area (Å²) >= 11 is 0. The summed E-state index contributed by atoms with van der Waals surface area (Å²) in [6.45, 7) is 3.70. The standard InChI is InChI=1S/C3H8BOS/c1-3-6(5)4-2/h3H2,1-2H3/q-1. The van der Waals surface area contributed by atoms with Gasteiger partial charge in [-0.05, 0) is 0 Å². The van der Waals surface area contributed by atoms with E-state index in [-0.39, 0.29) is 0 Å². The van der Waals surface area contributed by atoms with E-state index in [1.807, 2.05) is 6.92 Å². The first-order valence-corrected chi connectivity index (χ1v) is 3.36. The molecule has 0 aromatic heterocycles. The fourth-order valence-corrected chi connectivity index (χ4v) is 0.500. The second kappa shape index (κ2) is 3.41. The van der Waals surface area contributed by atoms with Crippen molar-refractivity contribution in [2.45, 2.75) is 13.7 Å². The molecular formula is C3H8BOS-. The van der Waals surface area contributed by atoms with Crippen molar-refractivity contribution in [1.29, 1.82) is 0 Å². The SMILES string of the molecule is CB=[S-](=O)CC. The monoisotopic (exact) mass is 103 g/mol. The molecule has 0 aromatic rings. The van der Waals surface area contributed by atoms with Gasteiger partial charge in [-0.2, -0.15) is 0 Å². The fourth-order valence-electron chi connectivity index (χ4n) is 0.167. The molecule has 6 heavy (non-hydrogen) atoms. The maximum atomic E-state index is 10.2. The van der Waals surface area contributed by atoms with Crippen molar-refractivity contribution in [3.05, 3.63) is 0 Å². The van der Waals surface area contributed by atoms with Crippen LogP contribution in [0.1, 0.15) is 6.92 Å². The molecule has 0 aliphatic heterocycles. The molecule has 36 valence electrons. The molecule has 0 saturated heterocycles. The number of rotatable bonds is 1. The van der Waals surface area contributed by atoms with Crippen LogP contribution >= 0.6 is 0 Å². The molecule has 0 aromatic carbocycles. The van der Waals surface area contributed by atoms with E-state index >= 15 is 0 Å². The first-order chi connectivity index (χ1) is 2.81. The van der Waals surface area contributed by atoms with Gasteiger partial charge in [0.15, 0.2) is 0 Å². The Morgan fingerprint density at radius 1 is 1.83 bits per heavy atom. The van der Waals surface area contributed by atoms with E-state index in [9.17, 15) is 4.21 Å². The molecule has 0 bridgehead atoms. The Morgan fingerprint density at radius 2 is 2.33 bits per heavy atom. The van der Waals surface area contributed by atoms with Crippen molar-refractivity contribution in [3.8, 4) is 0 Å². The molecule has 1 nitrogen and oxygen atoms in total. The Morgan fingerprint density at radius 3 is 2.33 bits per heavy atom. The molecular weight excluding hydrogens is 94.9 g/mol. The Labute approximate surface area is 40.9 Å². The van der Waals surface area contributed by atoms with Crippen molar-refractivity contribution in [1.82, 2.24) is 0 Å². The minimum absolute atomic E-state index is 0.659. The molecule has 0 aliphatic rings. The van der Waals surface area contributed by atoms with Crippen LogP contribution in [0, 0.1) is 0 Å². The van der Waals surface area contributed by atoms with E-state index in [0.717, 1.165) is 5.75 Å². The van der Waals surface area contributed by atoms with Gasteiger partial charge in [0.1, 0.15) is 0 Å². The second-order valence-corrected chi connectivity index (χ2v) is 2.72. The van der Waals surface area contributed by atoms with E-state index in [2.05, 4.69) is 0 Å². The van der Waals surface area contributed by atoms with E-state index in [0.29, 0.717) is 0 Å². The minimum atomic E-state index is -0.659. The van der Waals surface area contributed by atoms with Gasteiger partial charge in [-0.25, -0.2) is 0 Å². The quantitative estimate of drug-likeness (QED) is 0.351. The van der Waals surface area contributed by atoms with Gasteiger partial charge in [-0.3, -0.25) is 0 Å². The molecule has 0 radical (unpaired) electrons. The van der Waals surface area contributed by atoms with Crippen LogP contribution in [0.4, 0.5) is 0 Å². The van der Waals surface area contributed by atoms with E-state index < -0.39 is 10.2 Å².